The molecule has 0 heterocycles. The lowest BCUT2D eigenvalue weighted by Crippen LogP contribution is -2.50. The molecule has 0 saturated heterocycles. The van der Waals surface area contributed by atoms with Gasteiger partial charge in [0.25, 0.3) is 0 Å². The Morgan fingerprint density at radius 1 is 1.46 bits per heavy atom. The van der Waals surface area contributed by atoms with Crippen molar-refractivity contribution in [1.29, 1.82) is 0 Å². The molecule has 0 fully saturated rings. The Morgan fingerprint density at radius 2 is 2.15 bits per heavy atom. The van der Waals surface area contributed by atoms with E-state index in [1.807, 2.05) is 13.8 Å². The summed E-state index contributed by atoms with van der Waals surface area (Å²) in [6.07, 6.45) is 0. The van der Waals surface area contributed by atoms with Crippen molar-refractivity contribution in [2.75, 3.05) is 40.1 Å². The van der Waals surface area contributed by atoms with E-state index in [2.05, 4.69) is 5.32 Å². The summed E-state index contributed by atoms with van der Waals surface area (Å²) in [7, 11) is 1.65. The van der Waals surface area contributed by atoms with Gasteiger partial charge in [0.15, 0.2) is 0 Å². The third kappa shape index (κ3) is 5.99. The highest BCUT2D eigenvalue weighted by Crippen LogP contribution is 2.02. The Balaban J connectivity index is 3.67. The number of hydrogen-bond donors (Lipinski definition) is 2. The van der Waals surface area contributed by atoms with E-state index in [9.17, 15) is 0 Å². The van der Waals surface area contributed by atoms with Gasteiger partial charge in [-0.1, -0.05) is 0 Å². The van der Waals surface area contributed by atoms with Crippen LogP contribution in [0, 0.1) is 0 Å². The van der Waals surface area contributed by atoms with Crippen LogP contribution in [-0.4, -0.2) is 50.7 Å². The topological polar surface area (TPSA) is 50.7 Å². The first-order valence-electron chi connectivity index (χ1n) is 4.61. The summed E-state index contributed by atoms with van der Waals surface area (Å²) in [5, 5.41) is 12.3. The zero-order valence-corrected chi connectivity index (χ0v) is 8.80. The standard InChI is InChI=1S/C9H21NO3/c1-4-13-8-9(2,7-11)10-5-6-12-3/h10-11H,4-8H2,1-3H3. The van der Waals surface area contributed by atoms with Gasteiger partial charge in [0, 0.05) is 20.3 Å². The molecule has 0 aliphatic carbocycles. The van der Waals surface area contributed by atoms with E-state index in [0.29, 0.717) is 19.8 Å². The highest BCUT2D eigenvalue weighted by Gasteiger charge is 2.22. The molecule has 4 nitrogen and oxygen atoms in total. The highest BCUT2D eigenvalue weighted by atomic mass is 16.5. The lowest BCUT2D eigenvalue weighted by Gasteiger charge is -2.28. The number of methoxy groups -OCH3 is 1. The molecule has 0 amide bonds. The molecule has 1 atom stereocenters. The van der Waals surface area contributed by atoms with Crippen molar-refractivity contribution in [2.24, 2.45) is 0 Å². The normalized spacial score (nSPS) is 15.7. The van der Waals surface area contributed by atoms with Crippen LogP contribution in [0.15, 0.2) is 0 Å². The van der Waals surface area contributed by atoms with Crippen LogP contribution in [0.4, 0.5) is 0 Å². The van der Waals surface area contributed by atoms with Crippen molar-refractivity contribution in [1.82, 2.24) is 5.32 Å². The van der Waals surface area contributed by atoms with Gasteiger partial charge in [-0.15, -0.1) is 0 Å². The predicted molar refractivity (Wildman–Crippen MR) is 51.9 cm³/mol. The van der Waals surface area contributed by atoms with Gasteiger partial charge in [-0.3, -0.25) is 0 Å². The number of aliphatic hydroxyl groups excluding tert-OH is 1. The summed E-state index contributed by atoms with van der Waals surface area (Å²) in [4.78, 5) is 0. The Labute approximate surface area is 80.2 Å². The van der Waals surface area contributed by atoms with Gasteiger partial charge in [-0.2, -0.15) is 0 Å². The molecular formula is C9H21NO3. The molecule has 2 N–H and O–H groups in total. The molecule has 0 aliphatic rings. The van der Waals surface area contributed by atoms with Gasteiger partial charge < -0.3 is 19.9 Å². The van der Waals surface area contributed by atoms with Crippen LogP contribution in [-0.2, 0) is 9.47 Å². The Morgan fingerprint density at radius 3 is 2.62 bits per heavy atom. The second-order valence-corrected chi connectivity index (χ2v) is 3.28. The third-order valence-corrected chi connectivity index (χ3v) is 1.83. The second kappa shape index (κ2) is 7.26. The van der Waals surface area contributed by atoms with Gasteiger partial charge in [-0.05, 0) is 13.8 Å². The maximum absolute atomic E-state index is 9.13. The summed E-state index contributed by atoms with van der Waals surface area (Å²) in [5.41, 5.74) is -0.353. The summed E-state index contributed by atoms with van der Waals surface area (Å²) < 4.78 is 10.2. The van der Waals surface area contributed by atoms with E-state index in [1.54, 1.807) is 7.11 Å². The molecule has 80 valence electrons. The number of hydrogen-bond acceptors (Lipinski definition) is 4. The molecular weight excluding hydrogens is 170 g/mol. The molecule has 13 heavy (non-hydrogen) atoms. The van der Waals surface area contributed by atoms with Crippen molar-refractivity contribution in [3.63, 3.8) is 0 Å². The fourth-order valence-electron chi connectivity index (χ4n) is 0.935. The van der Waals surface area contributed by atoms with Crippen LogP contribution >= 0.6 is 0 Å². The lowest BCUT2D eigenvalue weighted by atomic mass is 10.1. The van der Waals surface area contributed by atoms with Crippen molar-refractivity contribution >= 4 is 0 Å². The molecule has 4 heteroatoms. The smallest absolute Gasteiger partial charge is 0.0667 e. The number of ether oxygens (including phenoxy) is 2. The largest absolute Gasteiger partial charge is 0.394 e. The van der Waals surface area contributed by atoms with Crippen molar-refractivity contribution < 1.29 is 14.6 Å². The summed E-state index contributed by atoms with van der Waals surface area (Å²) in [5.74, 6) is 0. The minimum Gasteiger partial charge on any atom is -0.394 e. The Kier molecular flexibility index (Phi) is 7.17. The molecule has 0 radical (unpaired) electrons. The van der Waals surface area contributed by atoms with Crippen LogP contribution in [0.2, 0.25) is 0 Å². The zero-order valence-electron chi connectivity index (χ0n) is 8.80. The average molecular weight is 191 g/mol. The highest BCUT2D eigenvalue weighted by molar-refractivity contribution is 4.81. The van der Waals surface area contributed by atoms with Crippen LogP contribution in [0.3, 0.4) is 0 Å². The SMILES string of the molecule is CCOCC(C)(CO)NCCOC. The fourth-order valence-corrected chi connectivity index (χ4v) is 0.935. The van der Waals surface area contributed by atoms with Gasteiger partial charge >= 0.3 is 0 Å². The fraction of sp³-hybridized carbons (Fsp3) is 1.00. The summed E-state index contributed by atoms with van der Waals surface area (Å²) in [6.45, 7) is 6.48. The molecule has 0 saturated carbocycles. The van der Waals surface area contributed by atoms with Crippen molar-refractivity contribution in [2.45, 2.75) is 19.4 Å². The van der Waals surface area contributed by atoms with Gasteiger partial charge in [-0.25, -0.2) is 0 Å². The Bertz CT molecular complexity index is 121. The molecule has 0 bridgehead atoms. The van der Waals surface area contributed by atoms with Crippen LogP contribution < -0.4 is 5.32 Å². The van der Waals surface area contributed by atoms with Gasteiger partial charge in [0.2, 0.25) is 0 Å². The van der Waals surface area contributed by atoms with E-state index in [0.717, 1.165) is 6.54 Å². The quantitative estimate of drug-likeness (QED) is 0.531. The molecule has 0 aromatic rings. The third-order valence-electron chi connectivity index (χ3n) is 1.83. The monoisotopic (exact) mass is 191 g/mol. The van der Waals surface area contributed by atoms with E-state index in [4.69, 9.17) is 14.6 Å². The minimum atomic E-state index is -0.353. The van der Waals surface area contributed by atoms with Gasteiger partial charge in [0.1, 0.15) is 0 Å². The first-order valence-corrected chi connectivity index (χ1v) is 4.61. The van der Waals surface area contributed by atoms with E-state index < -0.39 is 0 Å². The number of rotatable bonds is 8. The van der Waals surface area contributed by atoms with Crippen LogP contribution in [0.25, 0.3) is 0 Å². The van der Waals surface area contributed by atoms with Gasteiger partial charge in [0.05, 0.1) is 25.4 Å². The van der Waals surface area contributed by atoms with E-state index in [1.165, 1.54) is 0 Å². The van der Waals surface area contributed by atoms with E-state index in [-0.39, 0.29) is 12.1 Å². The van der Waals surface area contributed by atoms with Crippen molar-refractivity contribution in [3.05, 3.63) is 0 Å². The molecule has 1 unspecified atom stereocenters. The summed E-state index contributed by atoms with van der Waals surface area (Å²) in [6, 6.07) is 0. The Hall–Kier alpha value is -0.160. The summed E-state index contributed by atoms with van der Waals surface area (Å²) >= 11 is 0. The first kappa shape index (κ1) is 12.8. The lowest BCUT2D eigenvalue weighted by molar-refractivity contribution is 0.0465. The predicted octanol–water partition coefficient (Wildman–Crippen LogP) is 0.00990. The zero-order chi connectivity index (χ0) is 10.2. The minimum absolute atomic E-state index is 0.0662. The average Bonchev–Trinajstić information content (AvgIpc) is 2.15. The second-order valence-electron chi connectivity index (χ2n) is 3.28. The number of aliphatic hydroxyl groups is 1. The van der Waals surface area contributed by atoms with Crippen molar-refractivity contribution in [3.8, 4) is 0 Å². The molecule has 0 aromatic heterocycles. The van der Waals surface area contributed by atoms with E-state index >= 15 is 0 Å². The molecule has 0 aromatic carbocycles. The first-order chi connectivity index (χ1) is 6.18. The van der Waals surface area contributed by atoms with Crippen LogP contribution in [0.5, 0.6) is 0 Å². The van der Waals surface area contributed by atoms with Crippen LogP contribution in [0.1, 0.15) is 13.8 Å². The molecule has 0 rings (SSSR count). The molecule has 0 aliphatic heterocycles. The maximum atomic E-state index is 9.13. The maximum Gasteiger partial charge on any atom is 0.0667 e. The molecule has 0 spiro atoms. The number of nitrogens with one attached hydrogen (secondary N) is 1.